The zero-order chi connectivity index (χ0) is 18.7. The van der Waals surface area contributed by atoms with Gasteiger partial charge in [-0.1, -0.05) is 41.9 Å². The highest BCUT2D eigenvalue weighted by Gasteiger charge is 2.33. The molecule has 1 atom stereocenters. The highest BCUT2D eigenvalue weighted by Crippen LogP contribution is 2.48. The lowest BCUT2D eigenvalue weighted by molar-refractivity contribution is 0.602. The summed E-state index contributed by atoms with van der Waals surface area (Å²) in [5.41, 5.74) is 13.7. The molecular formula is C24H26. The average molecular weight is 316 g/mol. The molecule has 0 N–H and O–H groups in total. The average Bonchev–Trinajstić information content (AvgIpc) is 2.51. The van der Waals surface area contributed by atoms with E-state index in [0.717, 1.165) is 24.0 Å². The molecule has 2 aliphatic rings. The predicted molar refractivity (Wildman–Crippen MR) is 104 cm³/mol. The fraction of sp³-hybridized carbons (Fsp3) is 0.333. The number of hydrogen-bond donors (Lipinski definition) is 0. The molecule has 2 aromatic carbocycles. The van der Waals surface area contributed by atoms with Gasteiger partial charge in [0.15, 0.2) is 0 Å². The fourth-order valence-corrected chi connectivity index (χ4v) is 5.10. The van der Waals surface area contributed by atoms with Gasteiger partial charge >= 0.3 is 0 Å². The molecular weight excluding hydrogens is 288 g/mol. The number of hydrogen-bond acceptors (Lipinski definition) is 0. The first-order valence-electron chi connectivity index (χ1n) is 9.87. The van der Waals surface area contributed by atoms with Crippen LogP contribution >= 0.6 is 0 Å². The molecule has 1 unspecified atom stereocenters. The standard InChI is InChI=1S/C24H26/c1-13-7-15(3)22-17(5)24-18(6)23-16(4)8-14(2)10-20(23)12-21(24)11-19(22)9-13/h7-10,21H,5,11-12H2,1-4,6H3/i5D2. The molecule has 0 heterocycles. The van der Waals surface area contributed by atoms with Gasteiger partial charge in [0, 0.05) is 0 Å². The van der Waals surface area contributed by atoms with Gasteiger partial charge in [-0.2, -0.15) is 0 Å². The number of fused-ring (bicyclic) bond motifs is 3. The van der Waals surface area contributed by atoms with Crippen molar-refractivity contribution in [3.63, 3.8) is 0 Å². The van der Waals surface area contributed by atoms with Gasteiger partial charge in [0.05, 0.1) is 2.74 Å². The van der Waals surface area contributed by atoms with Gasteiger partial charge in [-0.25, -0.2) is 0 Å². The van der Waals surface area contributed by atoms with E-state index >= 15 is 0 Å². The molecule has 122 valence electrons. The first kappa shape index (κ1) is 13.2. The predicted octanol–water partition coefficient (Wildman–Crippen LogP) is 6.14. The van der Waals surface area contributed by atoms with Crippen molar-refractivity contribution in [2.75, 3.05) is 0 Å². The summed E-state index contributed by atoms with van der Waals surface area (Å²) in [6.45, 7) is 10.8. The molecule has 0 saturated carbocycles. The molecule has 4 rings (SSSR count). The van der Waals surface area contributed by atoms with Crippen molar-refractivity contribution in [1.29, 1.82) is 0 Å². The lowest BCUT2D eigenvalue weighted by atomic mass is 9.67. The zero-order valence-corrected chi connectivity index (χ0v) is 15.3. The summed E-state index contributed by atoms with van der Waals surface area (Å²) in [5, 5.41) is 0. The highest BCUT2D eigenvalue weighted by atomic mass is 14.4. The largest absolute Gasteiger partial charge is 0.0908 e. The first-order valence-corrected chi connectivity index (χ1v) is 8.87. The van der Waals surface area contributed by atoms with Gasteiger partial charge in [0.1, 0.15) is 0 Å². The van der Waals surface area contributed by atoms with Crippen LogP contribution in [-0.4, -0.2) is 0 Å². The molecule has 2 aliphatic carbocycles. The maximum atomic E-state index is 8.25. The molecule has 0 bridgehead atoms. The molecule has 24 heavy (non-hydrogen) atoms. The summed E-state index contributed by atoms with van der Waals surface area (Å²) in [7, 11) is 0. The third kappa shape index (κ3) is 2.13. The van der Waals surface area contributed by atoms with Crippen molar-refractivity contribution in [1.82, 2.24) is 0 Å². The summed E-state index contributed by atoms with van der Waals surface area (Å²) in [4.78, 5) is 0. The Kier molecular flexibility index (Phi) is 2.87. The Labute approximate surface area is 148 Å². The quantitative estimate of drug-likeness (QED) is 0.548. The number of benzene rings is 2. The third-order valence-corrected chi connectivity index (χ3v) is 5.76. The van der Waals surface area contributed by atoms with Gasteiger partial charge in [0.25, 0.3) is 0 Å². The first-order chi connectivity index (χ1) is 12.3. The van der Waals surface area contributed by atoms with Crippen LogP contribution < -0.4 is 0 Å². The van der Waals surface area contributed by atoms with Crippen LogP contribution in [0.1, 0.15) is 54.2 Å². The van der Waals surface area contributed by atoms with E-state index in [-0.39, 0.29) is 6.53 Å². The highest BCUT2D eigenvalue weighted by molar-refractivity contribution is 5.94. The molecule has 0 heteroatoms. The van der Waals surface area contributed by atoms with Gasteiger partial charge in [-0.15, -0.1) is 0 Å². The number of allylic oxidation sites excluding steroid dienone is 3. The molecule has 0 radical (unpaired) electrons. The Morgan fingerprint density at radius 2 is 1.38 bits per heavy atom. The molecule has 0 aliphatic heterocycles. The summed E-state index contributed by atoms with van der Waals surface area (Å²) in [6.07, 6.45) is 2.02. The molecule has 2 aromatic rings. The molecule has 0 saturated heterocycles. The molecule has 0 fully saturated rings. The van der Waals surface area contributed by atoms with Crippen LogP contribution in [0.2, 0.25) is 0 Å². The van der Waals surface area contributed by atoms with E-state index in [4.69, 9.17) is 2.74 Å². The van der Waals surface area contributed by atoms with E-state index in [1.807, 2.05) is 0 Å². The van der Waals surface area contributed by atoms with Crippen LogP contribution in [-0.2, 0) is 12.8 Å². The summed E-state index contributed by atoms with van der Waals surface area (Å²) in [6, 6.07) is 9.02. The van der Waals surface area contributed by atoms with Crippen LogP contribution in [0.15, 0.2) is 36.4 Å². The SMILES string of the molecule is [2H]C([2H])=C1C2=C(C)c3c(C)cc(C)cc3CC2Cc2cc(C)cc(C)c21. The second-order valence-corrected chi connectivity index (χ2v) is 7.75. The Hall–Kier alpha value is -2.08. The van der Waals surface area contributed by atoms with Crippen LogP contribution in [0.4, 0.5) is 0 Å². The van der Waals surface area contributed by atoms with E-state index in [1.54, 1.807) is 0 Å². The second-order valence-electron chi connectivity index (χ2n) is 7.75. The monoisotopic (exact) mass is 316 g/mol. The number of rotatable bonds is 0. The zero-order valence-electron chi connectivity index (χ0n) is 17.3. The third-order valence-electron chi connectivity index (χ3n) is 5.76. The smallest absolute Gasteiger partial charge is 0.0544 e. The minimum atomic E-state index is -0.0505. The van der Waals surface area contributed by atoms with Crippen molar-refractivity contribution >= 4 is 11.1 Å². The van der Waals surface area contributed by atoms with Crippen LogP contribution in [0.5, 0.6) is 0 Å². The maximum absolute atomic E-state index is 8.25. The van der Waals surface area contributed by atoms with Crippen LogP contribution in [0, 0.1) is 33.6 Å². The van der Waals surface area contributed by atoms with E-state index in [9.17, 15) is 0 Å². The van der Waals surface area contributed by atoms with E-state index < -0.39 is 0 Å². The van der Waals surface area contributed by atoms with E-state index in [1.165, 1.54) is 50.1 Å². The lowest BCUT2D eigenvalue weighted by Gasteiger charge is -2.37. The minimum Gasteiger partial charge on any atom is -0.0908 e. The van der Waals surface area contributed by atoms with E-state index in [2.05, 4.69) is 58.9 Å². The Balaban J connectivity index is 2.05. The van der Waals surface area contributed by atoms with Gasteiger partial charge in [-0.05, 0) is 103 Å². The minimum absolute atomic E-state index is 0.0505. The Bertz CT molecular complexity index is 1000. The van der Waals surface area contributed by atoms with Crippen molar-refractivity contribution < 1.29 is 2.74 Å². The Morgan fingerprint density at radius 3 is 1.96 bits per heavy atom. The van der Waals surface area contributed by atoms with Crippen molar-refractivity contribution in [3.8, 4) is 0 Å². The Morgan fingerprint density at radius 1 is 0.833 bits per heavy atom. The normalized spacial score (nSPS) is 20.0. The topological polar surface area (TPSA) is 0 Å². The summed E-state index contributed by atoms with van der Waals surface area (Å²) < 4.78 is 16.5. The van der Waals surface area contributed by atoms with Crippen LogP contribution in [0.3, 0.4) is 0 Å². The van der Waals surface area contributed by atoms with Gasteiger partial charge in [-0.3, -0.25) is 0 Å². The van der Waals surface area contributed by atoms with Gasteiger partial charge < -0.3 is 0 Å². The van der Waals surface area contributed by atoms with E-state index in [0.29, 0.717) is 5.92 Å². The molecule has 0 spiro atoms. The van der Waals surface area contributed by atoms with Crippen LogP contribution in [0.25, 0.3) is 11.1 Å². The summed E-state index contributed by atoms with van der Waals surface area (Å²) >= 11 is 0. The fourth-order valence-electron chi connectivity index (χ4n) is 5.10. The maximum Gasteiger partial charge on any atom is 0.0544 e. The second kappa shape index (κ2) is 5.21. The molecule has 0 aromatic heterocycles. The summed E-state index contributed by atoms with van der Waals surface area (Å²) in [5.74, 6) is 0.373. The molecule has 0 nitrogen and oxygen atoms in total. The van der Waals surface area contributed by atoms with Crippen molar-refractivity contribution in [2.45, 2.75) is 47.5 Å². The lowest BCUT2D eigenvalue weighted by Crippen LogP contribution is -2.24. The van der Waals surface area contributed by atoms with Crippen molar-refractivity contribution in [3.05, 3.63) is 80.9 Å². The van der Waals surface area contributed by atoms with Gasteiger partial charge in [0.2, 0.25) is 0 Å². The number of aryl methyl sites for hydroxylation is 4. The molecule has 0 amide bonds. The van der Waals surface area contributed by atoms with Crippen molar-refractivity contribution in [2.24, 2.45) is 5.92 Å².